The molecular formula is C22H16ClN5O3. The quantitative estimate of drug-likeness (QED) is 0.491. The first kappa shape index (κ1) is 19.2. The fourth-order valence-corrected chi connectivity index (χ4v) is 3.71. The number of carbonyl (C=O) groups excluding carboxylic acids is 1. The van der Waals surface area contributed by atoms with Gasteiger partial charge in [0.1, 0.15) is 23.9 Å². The molecule has 2 aromatic heterocycles. The number of aromatic nitrogens is 3. The zero-order valence-electron chi connectivity index (χ0n) is 16.2. The molecule has 0 bridgehead atoms. The molecule has 8 nitrogen and oxygen atoms in total. The number of hydrogen-bond donors (Lipinski definition) is 0. The Morgan fingerprint density at radius 2 is 1.90 bits per heavy atom. The van der Waals surface area contributed by atoms with Gasteiger partial charge in [0.25, 0.3) is 11.5 Å². The van der Waals surface area contributed by atoms with E-state index in [2.05, 4.69) is 15.4 Å². The topological polar surface area (TPSA) is 93.6 Å². The van der Waals surface area contributed by atoms with Crippen molar-refractivity contribution in [1.82, 2.24) is 20.0 Å². The first-order chi connectivity index (χ1) is 15.1. The van der Waals surface area contributed by atoms with E-state index in [1.165, 1.54) is 5.01 Å². The number of benzene rings is 2. The minimum Gasteiger partial charge on any atom is -0.467 e. The first-order valence-corrected chi connectivity index (χ1v) is 9.99. The van der Waals surface area contributed by atoms with Gasteiger partial charge in [0.15, 0.2) is 0 Å². The lowest BCUT2D eigenvalue weighted by Crippen LogP contribution is -2.35. The lowest BCUT2D eigenvalue weighted by atomic mass is 10.0. The number of nitrogens with zero attached hydrogens (tertiary/aromatic N) is 5. The average Bonchev–Trinajstić information content (AvgIpc) is 3.46. The van der Waals surface area contributed by atoms with E-state index >= 15 is 0 Å². The summed E-state index contributed by atoms with van der Waals surface area (Å²) in [7, 11) is 0. The highest BCUT2D eigenvalue weighted by atomic mass is 35.5. The third-order valence-electron chi connectivity index (χ3n) is 5.13. The summed E-state index contributed by atoms with van der Waals surface area (Å²) in [5.74, 6) is 0.218. The second-order valence-corrected chi connectivity index (χ2v) is 7.53. The van der Waals surface area contributed by atoms with Crippen molar-refractivity contribution in [2.75, 3.05) is 0 Å². The lowest BCUT2D eigenvalue weighted by Gasteiger charge is -2.19. The largest absolute Gasteiger partial charge is 0.467 e. The third kappa shape index (κ3) is 3.62. The molecule has 0 saturated heterocycles. The van der Waals surface area contributed by atoms with E-state index < -0.39 is 11.9 Å². The van der Waals surface area contributed by atoms with Crippen LogP contribution in [0, 0.1) is 0 Å². The summed E-state index contributed by atoms with van der Waals surface area (Å²) >= 11 is 5.99. The molecule has 0 N–H and O–H groups in total. The lowest BCUT2D eigenvalue weighted by molar-refractivity contribution is -0.134. The van der Waals surface area contributed by atoms with E-state index in [0.29, 0.717) is 28.1 Å². The molecule has 1 atom stereocenters. The second kappa shape index (κ2) is 7.81. The average molecular weight is 434 g/mol. The van der Waals surface area contributed by atoms with Crippen LogP contribution in [-0.4, -0.2) is 31.6 Å². The molecule has 0 spiro atoms. The molecule has 3 heterocycles. The van der Waals surface area contributed by atoms with Crippen molar-refractivity contribution in [2.24, 2.45) is 5.10 Å². The molecular weight excluding hydrogens is 418 g/mol. The molecule has 4 aromatic rings. The molecule has 0 saturated carbocycles. The van der Waals surface area contributed by atoms with Gasteiger partial charge in [-0.25, -0.2) is 9.69 Å². The molecule has 5 rings (SSSR count). The van der Waals surface area contributed by atoms with Crippen LogP contribution >= 0.6 is 11.6 Å². The normalized spacial score (nSPS) is 16.0. The molecule has 1 amide bonds. The SMILES string of the molecule is O=C(Cn1nnc2ccccc2c1=O)N1N=C(c2ccc(Cl)cc2)C[C@H]1c1ccco1. The van der Waals surface area contributed by atoms with Gasteiger partial charge in [-0.15, -0.1) is 5.10 Å². The molecule has 1 aliphatic rings. The molecule has 31 heavy (non-hydrogen) atoms. The highest BCUT2D eigenvalue weighted by Gasteiger charge is 2.35. The van der Waals surface area contributed by atoms with Gasteiger partial charge < -0.3 is 4.42 Å². The number of fused-ring (bicyclic) bond motifs is 1. The maximum absolute atomic E-state index is 13.2. The number of hydrogen-bond acceptors (Lipinski definition) is 6. The summed E-state index contributed by atoms with van der Waals surface area (Å²) in [6.07, 6.45) is 2.02. The predicted octanol–water partition coefficient (Wildman–Crippen LogP) is 3.42. The van der Waals surface area contributed by atoms with Crippen LogP contribution in [-0.2, 0) is 11.3 Å². The zero-order chi connectivity index (χ0) is 21.4. The summed E-state index contributed by atoms with van der Waals surface area (Å²) in [5, 5.41) is 14.9. The number of rotatable bonds is 4. The minimum atomic E-state index is -0.419. The number of carbonyl (C=O) groups is 1. The summed E-state index contributed by atoms with van der Waals surface area (Å²) in [6.45, 7) is -0.286. The molecule has 2 aromatic carbocycles. The van der Waals surface area contributed by atoms with Crippen LogP contribution in [0.1, 0.15) is 23.8 Å². The monoisotopic (exact) mass is 433 g/mol. The van der Waals surface area contributed by atoms with E-state index in [0.717, 1.165) is 16.0 Å². The smallest absolute Gasteiger partial charge is 0.278 e. The Morgan fingerprint density at radius 3 is 2.68 bits per heavy atom. The summed E-state index contributed by atoms with van der Waals surface area (Å²) < 4.78 is 6.60. The van der Waals surface area contributed by atoms with Gasteiger partial charge in [-0.3, -0.25) is 9.59 Å². The Kier molecular flexibility index (Phi) is 4.83. The molecule has 0 radical (unpaired) electrons. The Balaban J connectivity index is 1.48. The number of halogens is 1. The summed E-state index contributed by atoms with van der Waals surface area (Å²) in [5.41, 5.74) is 1.69. The van der Waals surface area contributed by atoms with Crippen molar-refractivity contribution in [3.05, 3.63) is 93.6 Å². The maximum Gasteiger partial charge on any atom is 0.278 e. The molecule has 154 valence electrons. The van der Waals surface area contributed by atoms with Crippen molar-refractivity contribution >= 4 is 34.1 Å². The molecule has 0 unspecified atom stereocenters. The molecule has 1 aliphatic heterocycles. The van der Waals surface area contributed by atoms with E-state index in [-0.39, 0.29) is 12.1 Å². The fourth-order valence-electron chi connectivity index (χ4n) is 3.59. The van der Waals surface area contributed by atoms with Gasteiger partial charge >= 0.3 is 0 Å². The Hall–Kier alpha value is -3.78. The highest BCUT2D eigenvalue weighted by Crippen LogP contribution is 2.33. The first-order valence-electron chi connectivity index (χ1n) is 9.61. The van der Waals surface area contributed by atoms with Crippen molar-refractivity contribution in [3.8, 4) is 0 Å². The Bertz CT molecular complexity index is 1350. The van der Waals surface area contributed by atoms with Gasteiger partial charge in [-0.05, 0) is 42.0 Å². The van der Waals surface area contributed by atoms with E-state index in [1.807, 2.05) is 12.1 Å². The van der Waals surface area contributed by atoms with Crippen LogP contribution in [0.25, 0.3) is 10.9 Å². The number of hydrazone groups is 1. The molecule has 0 fully saturated rings. The summed E-state index contributed by atoms with van der Waals surface area (Å²) in [4.78, 5) is 25.9. The van der Waals surface area contributed by atoms with Gasteiger partial charge in [0.05, 0.1) is 17.4 Å². The molecule has 9 heteroatoms. The number of furan rings is 1. The standard InChI is InChI=1S/C22H16ClN5O3/c23-15-9-7-14(8-10-15)18-12-19(20-6-3-11-31-20)28(25-18)21(29)13-27-22(30)16-4-1-2-5-17(16)24-26-27/h1-11,19H,12-13H2/t19-/m0/s1. The van der Waals surface area contributed by atoms with E-state index in [9.17, 15) is 9.59 Å². The van der Waals surface area contributed by atoms with E-state index in [4.69, 9.17) is 16.0 Å². The second-order valence-electron chi connectivity index (χ2n) is 7.10. The van der Waals surface area contributed by atoms with Crippen LogP contribution in [0.3, 0.4) is 0 Å². The van der Waals surface area contributed by atoms with E-state index in [1.54, 1.807) is 54.8 Å². The van der Waals surface area contributed by atoms with Crippen LogP contribution in [0.5, 0.6) is 0 Å². The van der Waals surface area contributed by atoms with Crippen molar-refractivity contribution in [3.63, 3.8) is 0 Å². The minimum absolute atomic E-state index is 0.286. The third-order valence-corrected chi connectivity index (χ3v) is 5.38. The van der Waals surface area contributed by atoms with Crippen LogP contribution in [0.4, 0.5) is 0 Å². The predicted molar refractivity (Wildman–Crippen MR) is 115 cm³/mol. The van der Waals surface area contributed by atoms with Crippen molar-refractivity contribution in [2.45, 2.75) is 19.0 Å². The maximum atomic E-state index is 13.2. The number of amides is 1. The van der Waals surface area contributed by atoms with Crippen LogP contribution < -0.4 is 5.56 Å². The fraction of sp³-hybridized carbons (Fsp3) is 0.136. The van der Waals surface area contributed by atoms with Crippen LogP contribution in [0.15, 0.2) is 81.2 Å². The van der Waals surface area contributed by atoms with Gasteiger partial charge in [0.2, 0.25) is 0 Å². The molecule has 0 aliphatic carbocycles. The van der Waals surface area contributed by atoms with Crippen molar-refractivity contribution in [1.29, 1.82) is 0 Å². The zero-order valence-corrected chi connectivity index (χ0v) is 16.9. The van der Waals surface area contributed by atoms with Gasteiger partial charge in [0, 0.05) is 11.4 Å². The highest BCUT2D eigenvalue weighted by molar-refractivity contribution is 6.30. The Morgan fingerprint density at radius 1 is 1.10 bits per heavy atom. The van der Waals surface area contributed by atoms with Crippen LogP contribution in [0.2, 0.25) is 5.02 Å². The van der Waals surface area contributed by atoms with Gasteiger partial charge in [-0.1, -0.05) is 41.1 Å². The van der Waals surface area contributed by atoms with Crippen molar-refractivity contribution < 1.29 is 9.21 Å². The van der Waals surface area contributed by atoms with Gasteiger partial charge in [-0.2, -0.15) is 5.10 Å². The summed E-state index contributed by atoms with van der Waals surface area (Å²) in [6, 6.07) is 17.3. The Labute approximate surface area is 181 Å².